The molecule has 14 heavy (non-hydrogen) atoms. The summed E-state index contributed by atoms with van der Waals surface area (Å²) >= 11 is 0. The van der Waals surface area contributed by atoms with Gasteiger partial charge in [0.1, 0.15) is 0 Å². The van der Waals surface area contributed by atoms with Crippen molar-refractivity contribution < 1.29 is 4.74 Å². The Morgan fingerprint density at radius 3 is 2.14 bits per heavy atom. The number of benzene rings is 1. The van der Waals surface area contributed by atoms with E-state index in [0.717, 1.165) is 5.92 Å². The lowest BCUT2D eigenvalue weighted by Crippen LogP contribution is -2.28. The van der Waals surface area contributed by atoms with Gasteiger partial charge in [0.25, 0.3) is 0 Å². The summed E-state index contributed by atoms with van der Waals surface area (Å²) in [4.78, 5) is 0. The number of hydrogen-bond acceptors (Lipinski definition) is 1. The second-order valence-corrected chi connectivity index (χ2v) is 3.44. The molecule has 78 valence electrons. The molecule has 0 N–H and O–H groups in total. The largest absolute Gasteiger partial charge is 0.381 e. The maximum Gasteiger partial charge on any atom is 0.0583 e. The minimum Gasteiger partial charge on any atom is -0.381 e. The van der Waals surface area contributed by atoms with Crippen molar-refractivity contribution in [3.05, 3.63) is 35.9 Å². The van der Waals surface area contributed by atoms with Crippen LogP contribution in [0.3, 0.4) is 0 Å². The van der Waals surface area contributed by atoms with Crippen LogP contribution in [0, 0.1) is 0 Å². The first kappa shape index (κ1) is 11.3. The second kappa shape index (κ2) is 5.82. The summed E-state index contributed by atoms with van der Waals surface area (Å²) in [5.41, 5.74) is 1.46. The van der Waals surface area contributed by atoms with E-state index in [-0.39, 0.29) is 0 Å². The van der Waals surface area contributed by atoms with Crippen LogP contribution in [0.2, 0.25) is 0 Å². The van der Waals surface area contributed by atoms with Gasteiger partial charge in [0.15, 0.2) is 0 Å². The summed E-state index contributed by atoms with van der Waals surface area (Å²) in [5.74, 6) is 0.746. The zero-order chi connectivity index (χ0) is 10.4. The Labute approximate surface area is 87.1 Å². The summed E-state index contributed by atoms with van der Waals surface area (Å²) in [7, 11) is 1.80. The highest BCUT2D eigenvalue weighted by molar-refractivity contribution is 5.22. The summed E-state index contributed by atoms with van der Waals surface area (Å²) in [5, 5.41) is 0. The Morgan fingerprint density at radius 1 is 1.07 bits per heavy atom. The molecular formula is C13H20O. The van der Waals surface area contributed by atoms with Crippen LogP contribution < -0.4 is 0 Å². The molecule has 0 aliphatic heterocycles. The van der Waals surface area contributed by atoms with Crippen molar-refractivity contribution >= 4 is 0 Å². The predicted octanol–water partition coefficient (Wildman–Crippen LogP) is 3.61. The van der Waals surface area contributed by atoms with Crippen LogP contribution in [0.1, 0.15) is 38.2 Å². The summed E-state index contributed by atoms with van der Waals surface area (Å²) in [6, 6.07) is 10.7. The Balaban J connectivity index is 0.000000461. The van der Waals surface area contributed by atoms with Gasteiger partial charge in [-0.3, -0.25) is 0 Å². The third-order valence-corrected chi connectivity index (χ3v) is 2.70. The predicted molar refractivity (Wildman–Crippen MR) is 60.6 cm³/mol. The van der Waals surface area contributed by atoms with E-state index in [2.05, 4.69) is 30.3 Å². The Kier molecular flexibility index (Phi) is 4.68. The molecule has 1 fully saturated rings. The highest BCUT2D eigenvalue weighted by atomic mass is 16.5. The molecule has 2 rings (SSSR count). The molecule has 0 saturated heterocycles. The van der Waals surface area contributed by atoms with E-state index >= 15 is 0 Å². The van der Waals surface area contributed by atoms with Gasteiger partial charge in [-0.05, 0) is 24.3 Å². The highest BCUT2D eigenvalue weighted by Crippen LogP contribution is 2.37. The first-order valence-corrected chi connectivity index (χ1v) is 5.48. The van der Waals surface area contributed by atoms with Gasteiger partial charge in [-0.15, -0.1) is 0 Å². The molecule has 1 saturated carbocycles. The molecule has 0 radical (unpaired) electrons. The number of hydrogen-bond donors (Lipinski definition) is 0. The fourth-order valence-corrected chi connectivity index (χ4v) is 1.76. The van der Waals surface area contributed by atoms with E-state index in [1.807, 2.05) is 13.8 Å². The second-order valence-electron chi connectivity index (χ2n) is 3.44. The van der Waals surface area contributed by atoms with E-state index < -0.39 is 0 Å². The minimum absolute atomic E-state index is 0.509. The first-order chi connectivity index (χ1) is 6.90. The van der Waals surface area contributed by atoms with Gasteiger partial charge in [-0.1, -0.05) is 44.2 Å². The zero-order valence-electron chi connectivity index (χ0n) is 9.36. The highest BCUT2D eigenvalue weighted by Gasteiger charge is 2.29. The van der Waals surface area contributed by atoms with Gasteiger partial charge >= 0.3 is 0 Å². The fourth-order valence-electron chi connectivity index (χ4n) is 1.76. The van der Waals surface area contributed by atoms with Crippen LogP contribution in [0.5, 0.6) is 0 Å². The molecule has 1 aromatic rings. The van der Waals surface area contributed by atoms with Gasteiger partial charge in [-0.25, -0.2) is 0 Å². The van der Waals surface area contributed by atoms with Crippen molar-refractivity contribution in [2.45, 2.75) is 38.7 Å². The molecule has 1 nitrogen and oxygen atoms in total. The SMILES string of the molecule is CC.COC1CC(c2ccccc2)C1. The molecule has 0 bridgehead atoms. The molecule has 1 aliphatic rings. The molecule has 0 aromatic heterocycles. The first-order valence-electron chi connectivity index (χ1n) is 5.48. The van der Waals surface area contributed by atoms with E-state index in [0.29, 0.717) is 6.10 Å². The van der Waals surface area contributed by atoms with Gasteiger partial charge in [0.05, 0.1) is 6.10 Å². The van der Waals surface area contributed by atoms with Crippen LogP contribution >= 0.6 is 0 Å². The van der Waals surface area contributed by atoms with Crippen molar-refractivity contribution in [2.24, 2.45) is 0 Å². The van der Waals surface area contributed by atoms with Gasteiger partial charge in [-0.2, -0.15) is 0 Å². The Hall–Kier alpha value is -0.820. The van der Waals surface area contributed by atoms with Crippen molar-refractivity contribution in [1.29, 1.82) is 0 Å². The molecule has 0 amide bonds. The molecule has 1 aromatic carbocycles. The molecule has 1 aliphatic carbocycles. The quantitative estimate of drug-likeness (QED) is 0.695. The van der Waals surface area contributed by atoms with Crippen LogP contribution in [-0.4, -0.2) is 13.2 Å². The normalized spacial score (nSPS) is 24.5. The van der Waals surface area contributed by atoms with Gasteiger partial charge < -0.3 is 4.74 Å². The Bertz CT molecular complexity index is 237. The monoisotopic (exact) mass is 192 g/mol. The smallest absolute Gasteiger partial charge is 0.0583 e. The fraction of sp³-hybridized carbons (Fsp3) is 0.538. The zero-order valence-corrected chi connectivity index (χ0v) is 9.36. The number of methoxy groups -OCH3 is 1. The number of rotatable bonds is 2. The summed E-state index contributed by atoms with van der Waals surface area (Å²) in [6.45, 7) is 4.00. The minimum atomic E-state index is 0.509. The van der Waals surface area contributed by atoms with Crippen LogP contribution in [-0.2, 0) is 4.74 Å². The maximum atomic E-state index is 5.24. The third-order valence-electron chi connectivity index (χ3n) is 2.70. The summed E-state index contributed by atoms with van der Waals surface area (Å²) in [6.07, 6.45) is 2.90. The van der Waals surface area contributed by atoms with E-state index in [9.17, 15) is 0 Å². The van der Waals surface area contributed by atoms with Gasteiger partial charge in [0.2, 0.25) is 0 Å². The molecule has 0 unspecified atom stereocenters. The molecule has 0 spiro atoms. The molecule has 0 heterocycles. The number of ether oxygens (including phenoxy) is 1. The lowest BCUT2D eigenvalue weighted by atomic mass is 9.77. The van der Waals surface area contributed by atoms with E-state index in [1.165, 1.54) is 18.4 Å². The summed E-state index contributed by atoms with van der Waals surface area (Å²) < 4.78 is 5.24. The van der Waals surface area contributed by atoms with Crippen molar-refractivity contribution in [2.75, 3.05) is 7.11 Å². The molecule has 0 atom stereocenters. The van der Waals surface area contributed by atoms with Crippen molar-refractivity contribution in [3.63, 3.8) is 0 Å². The van der Waals surface area contributed by atoms with Crippen LogP contribution in [0.25, 0.3) is 0 Å². The third kappa shape index (κ3) is 2.58. The van der Waals surface area contributed by atoms with E-state index in [1.54, 1.807) is 7.11 Å². The lowest BCUT2D eigenvalue weighted by Gasteiger charge is -2.34. The average Bonchev–Trinajstić information content (AvgIpc) is 2.21. The standard InChI is InChI=1S/C11H14O.C2H6/c1-12-11-7-10(8-11)9-5-3-2-4-6-9;1-2/h2-6,10-11H,7-8H2,1H3;1-2H3. The van der Waals surface area contributed by atoms with Crippen molar-refractivity contribution in [3.8, 4) is 0 Å². The van der Waals surface area contributed by atoms with Crippen LogP contribution in [0.15, 0.2) is 30.3 Å². The maximum absolute atomic E-state index is 5.24. The van der Waals surface area contributed by atoms with E-state index in [4.69, 9.17) is 4.74 Å². The van der Waals surface area contributed by atoms with Crippen molar-refractivity contribution in [1.82, 2.24) is 0 Å². The topological polar surface area (TPSA) is 9.23 Å². The Morgan fingerprint density at radius 2 is 1.64 bits per heavy atom. The molecule has 1 heteroatoms. The van der Waals surface area contributed by atoms with Crippen LogP contribution in [0.4, 0.5) is 0 Å². The average molecular weight is 192 g/mol. The lowest BCUT2D eigenvalue weighted by molar-refractivity contribution is 0.0258. The van der Waals surface area contributed by atoms with Gasteiger partial charge in [0, 0.05) is 7.11 Å². The molecular weight excluding hydrogens is 172 g/mol.